The van der Waals surface area contributed by atoms with Crippen LogP contribution in [0, 0.1) is 0 Å². The highest BCUT2D eigenvalue weighted by atomic mass is 16.5. The molecule has 3 aromatic rings. The maximum absolute atomic E-state index is 9.56. The lowest BCUT2D eigenvalue weighted by atomic mass is 10.2. The fourth-order valence-electron chi connectivity index (χ4n) is 3.48. The van der Waals surface area contributed by atoms with Crippen LogP contribution in [-0.4, -0.2) is 34.3 Å². The number of nitrogens with zero attached hydrogens (tertiary/aromatic N) is 3. The van der Waals surface area contributed by atoms with Crippen LogP contribution in [0.3, 0.4) is 0 Å². The number of hydrogen-bond acceptors (Lipinski definition) is 6. The van der Waals surface area contributed by atoms with E-state index in [-0.39, 0.29) is 12.6 Å². The summed E-state index contributed by atoms with van der Waals surface area (Å²) in [6.45, 7) is 1.65. The predicted octanol–water partition coefficient (Wildman–Crippen LogP) is 3.84. The number of aromatic nitrogens is 2. The summed E-state index contributed by atoms with van der Waals surface area (Å²) in [6.07, 6.45) is 3.63. The molecule has 2 heterocycles. The van der Waals surface area contributed by atoms with Gasteiger partial charge in [0.05, 0.1) is 12.6 Å². The molecule has 0 spiro atoms. The average Bonchev–Trinajstić information content (AvgIpc) is 3.23. The second kappa shape index (κ2) is 8.71. The second-order valence-electron chi connectivity index (χ2n) is 6.81. The first kappa shape index (κ1) is 18.3. The third-order valence-corrected chi connectivity index (χ3v) is 4.94. The Bertz CT molecular complexity index is 904. The van der Waals surface area contributed by atoms with Crippen LogP contribution in [0.2, 0.25) is 0 Å². The molecule has 1 unspecified atom stereocenters. The third-order valence-electron chi connectivity index (χ3n) is 4.94. The van der Waals surface area contributed by atoms with Gasteiger partial charge in [-0.25, -0.2) is 9.97 Å². The Morgan fingerprint density at radius 2 is 1.89 bits per heavy atom. The summed E-state index contributed by atoms with van der Waals surface area (Å²) in [4.78, 5) is 10.9. The van der Waals surface area contributed by atoms with Crippen LogP contribution in [0.25, 0.3) is 0 Å². The Balaban J connectivity index is 1.46. The molecule has 4 rings (SSSR count). The van der Waals surface area contributed by atoms with Gasteiger partial charge in [-0.1, -0.05) is 36.4 Å². The van der Waals surface area contributed by atoms with E-state index in [0.717, 1.165) is 48.1 Å². The first-order chi connectivity index (χ1) is 13.8. The molecule has 1 fully saturated rings. The molecule has 0 bridgehead atoms. The van der Waals surface area contributed by atoms with Crippen molar-refractivity contribution < 1.29 is 9.84 Å². The number of aliphatic hydroxyl groups excluding tert-OH is 1. The molecule has 6 nitrogen and oxygen atoms in total. The van der Waals surface area contributed by atoms with Crippen LogP contribution < -0.4 is 15.0 Å². The highest BCUT2D eigenvalue weighted by Crippen LogP contribution is 2.27. The van der Waals surface area contributed by atoms with Crippen molar-refractivity contribution in [3.8, 4) is 11.5 Å². The molecule has 1 aliphatic heterocycles. The molecule has 6 heteroatoms. The quantitative estimate of drug-likeness (QED) is 0.653. The number of ether oxygens (including phenoxy) is 1. The summed E-state index contributed by atoms with van der Waals surface area (Å²) in [7, 11) is 0. The zero-order valence-electron chi connectivity index (χ0n) is 15.7. The highest BCUT2D eigenvalue weighted by Gasteiger charge is 2.25. The van der Waals surface area contributed by atoms with Crippen molar-refractivity contribution >= 4 is 11.6 Å². The van der Waals surface area contributed by atoms with Crippen LogP contribution in [0.4, 0.5) is 11.6 Å². The summed E-state index contributed by atoms with van der Waals surface area (Å²) in [5, 5.41) is 12.9. The first-order valence-corrected chi connectivity index (χ1v) is 9.58. The van der Waals surface area contributed by atoms with E-state index in [0.29, 0.717) is 6.54 Å². The monoisotopic (exact) mass is 376 g/mol. The Hall–Kier alpha value is -3.12. The van der Waals surface area contributed by atoms with Crippen LogP contribution in [0.1, 0.15) is 18.4 Å². The normalized spacial score (nSPS) is 16.2. The van der Waals surface area contributed by atoms with Crippen molar-refractivity contribution in [3.63, 3.8) is 0 Å². The minimum Gasteiger partial charge on any atom is -0.457 e. The minimum atomic E-state index is 0.141. The molecular formula is C22H24N4O2. The Morgan fingerprint density at radius 1 is 1.07 bits per heavy atom. The number of para-hydroxylation sites is 2. The van der Waals surface area contributed by atoms with Crippen molar-refractivity contribution in [2.45, 2.75) is 25.4 Å². The van der Waals surface area contributed by atoms with Gasteiger partial charge in [-0.15, -0.1) is 0 Å². The van der Waals surface area contributed by atoms with E-state index >= 15 is 0 Å². The number of hydrogen-bond donors (Lipinski definition) is 2. The minimum absolute atomic E-state index is 0.141. The lowest BCUT2D eigenvalue weighted by Gasteiger charge is -2.24. The molecule has 1 aliphatic rings. The molecular weight excluding hydrogens is 352 g/mol. The maximum Gasteiger partial charge on any atom is 0.134 e. The number of rotatable bonds is 7. The van der Waals surface area contributed by atoms with Gasteiger partial charge in [0.1, 0.15) is 29.5 Å². The van der Waals surface area contributed by atoms with Crippen LogP contribution >= 0.6 is 0 Å². The van der Waals surface area contributed by atoms with Crippen molar-refractivity contribution in [2.24, 2.45) is 0 Å². The molecule has 144 valence electrons. The van der Waals surface area contributed by atoms with E-state index in [9.17, 15) is 5.11 Å². The van der Waals surface area contributed by atoms with Gasteiger partial charge in [0.25, 0.3) is 0 Å². The maximum atomic E-state index is 9.56. The fraction of sp³-hybridized carbons (Fsp3) is 0.273. The smallest absolute Gasteiger partial charge is 0.134 e. The topological polar surface area (TPSA) is 70.5 Å². The summed E-state index contributed by atoms with van der Waals surface area (Å²) < 4.78 is 6.02. The molecule has 0 saturated carbocycles. The SMILES string of the molecule is OCC1CCCN1c1cc(NCc2ccccc2Oc2ccccc2)ncn1. The zero-order chi connectivity index (χ0) is 19.2. The molecule has 2 aromatic carbocycles. The number of nitrogens with one attached hydrogen (secondary N) is 1. The van der Waals surface area contributed by atoms with Crippen molar-refractivity contribution in [1.29, 1.82) is 0 Å². The highest BCUT2D eigenvalue weighted by molar-refractivity contribution is 5.50. The van der Waals surface area contributed by atoms with Gasteiger partial charge < -0.3 is 20.1 Å². The van der Waals surface area contributed by atoms with Gasteiger partial charge in [-0.2, -0.15) is 0 Å². The van der Waals surface area contributed by atoms with E-state index in [1.807, 2.05) is 60.7 Å². The molecule has 1 saturated heterocycles. The number of aliphatic hydroxyl groups is 1. The Morgan fingerprint density at radius 3 is 2.75 bits per heavy atom. The molecule has 0 amide bonds. The lowest BCUT2D eigenvalue weighted by Crippen LogP contribution is -2.32. The van der Waals surface area contributed by atoms with Gasteiger partial charge in [-0.05, 0) is 31.0 Å². The zero-order valence-corrected chi connectivity index (χ0v) is 15.7. The number of benzene rings is 2. The van der Waals surface area contributed by atoms with E-state index in [1.54, 1.807) is 6.33 Å². The molecule has 28 heavy (non-hydrogen) atoms. The summed E-state index contributed by atoms with van der Waals surface area (Å²) in [5.74, 6) is 3.23. The molecule has 1 aromatic heterocycles. The summed E-state index contributed by atoms with van der Waals surface area (Å²) in [6, 6.07) is 19.8. The van der Waals surface area contributed by atoms with Gasteiger partial charge in [0.2, 0.25) is 0 Å². The fourth-order valence-corrected chi connectivity index (χ4v) is 3.48. The Labute approximate surface area is 164 Å². The summed E-state index contributed by atoms with van der Waals surface area (Å²) in [5.41, 5.74) is 1.04. The average molecular weight is 376 g/mol. The molecule has 1 atom stereocenters. The van der Waals surface area contributed by atoms with Crippen molar-refractivity contribution in [2.75, 3.05) is 23.4 Å². The lowest BCUT2D eigenvalue weighted by molar-refractivity contribution is 0.266. The largest absolute Gasteiger partial charge is 0.457 e. The molecule has 0 aliphatic carbocycles. The Kier molecular flexibility index (Phi) is 5.68. The van der Waals surface area contributed by atoms with E-state index in [4.69, 9.17) is 4.74 Å². The molecule has 2 N–H and O–H groups in total. The standard InChI is InChI=1S/C22H24N4O2/c27-15-18-8-6-12-26(18)22-13-21(24-16-25-22)23-14-17-7-4-5-11-20(17)28-19-9-2-1-3-10-19/h1-5,7,9-11,13,16,18,27H,6,8,12,14-15H2,(H,23,24,25). The van der Waals surface area contributed by atoms with E-state index in [2.05, 4.69) is 20.2 Å². The van der Waals surface area contributed by atoms with Crippen LogP contribution in [0.15, 0.2) is 67.0 Å². The molecule has 0 radical (unpaired) electrons. The first-order valence-electron chi connectivity index (χ1n) is 9.58. The van der Waals surface area contributed by atoms with Gasteiger partial charge >= 0.3 is 0 Å². The van der Waals surface area contributed by atoms with Crippen molar-refractivity contribution in [3.05, 3.63) is 72.6 Å². The third kappa shape index (κ3) is 4.23. The van der Waals surface area contributed by atoms with Crippen LogP contribution in [-0.2, 0) is 6.54 Å². The van der Waals surface area contributed by atoms with Gasteiger partial charge in [0, 0.05) is 24.7 Å². The van der Waals surface area contributed by atoms with Crippen molar-refractivity contribution in [1.82, 2.24) is 9.97 Å². The predicted molar refractivity (Wildman–Crippen MR) is 110 cm³/mol. The second-order valence-corrected chi connectivity index (χ2v) is 6.81. The van der Waals surface area contributed by atoms with Gasteiger partial charge in [0.15, 0.2) is 0 Å². The van der Waals surface area contributed by atoms with E-state index < -0.39 is 0 Å². The van der Waals surface area contributed by atoms with Crippen LogP contribution in [0.5, 0.6) is 11.5 Å². The summed E-state index contributed by atoms with van der Waals surface area (Å²) >= 11 is 0. The van der Waals surface area contributed by atoms with Gasteiger partial charge in [-0.3, -0.25) is 0 Å². The number of anilines is 2. The van der Waals surface area contributed by atoms with E-state index in [1.165, 1.54) is 0 Å².